The van der Waals surface area contributed by atoms with Crippen molar-refractivity contribution in [1.29, 1.82) is 0 Å². The van der Waals surface area contributed by atoms with E-state index in [1.807, 2.05) is 13.8 Å². The highest BCUT2D eigenvalue weighted by atomic mass is 16.4. The van der Waals surface area contributed by atoms with E-state index in [1.54, 1.807) is 0 Å². The van der Waals surface area contributed by atoms with Crippen LogP contribution in [0.15, 0.2) is 4.99 Å². The van der Waals surface area contributed by atoms with Gasteiger partial charge in [0, 0.05) is 6.54 Å². The molecule has 3 amide bonds. The first kappa shape index (κ1) is 29.1. The molecule has 0 aliphatic carbocycles. The van der Waals surface area contributed by atoms with Crippen molar-refractivity contribution in [2.45, 2.75) is 83.1 Å². The molecular formula is C21H39N7O6. The van der Waals surface area contributed by atoms with Crippen molar-refractivity contribution in [3.05, 3.63) is 0 Å². The van der Waals surface area contributed by atoms with Crippen molar-refractivity contribution >= 4 is 29.7 Å². The highest BCUT2D eigenvalue weighted by Gasteiger charge is 2.32. The number of nitrogens with zero attached hydrogens (tertiary/aromatic N) is 1. The highest BCUT2D eigenvalue weighted by Crippen LogP contribution is 2.10. The smallest absolute Gasteiger partial charge is 0.328 e. The van der Waals surface area contributed by atoms with Gasteiger partial charge in [-0.25, -0.2) is 4.79 Å². The van der Waals surface area contributed by atoms with E-state index in [0.29, 0.717) is 19.3 Å². The predicted octanol–water partition coefficient (Wildman–Crippen LogP) is -2.24. The van der Waals surface area contributed by atoms with Crippen LogP contribution in [0.3, 0.4) is 0 Å². The summed E-state index contributed by atoms with van der Waals surface area (Å²) in [6.45, 7) is 5.96. The lowest BCUT2D eigenvalue weighted by molar-refractivity contribution is -0.145. The van der Waals surface area contributed by atoms with E-state index in [0.717, 1.165) is 13.0 Å². The fourth-order valence-corrected chi connectivity index (χ4v) is 3.57. The lowest BCUT2D eigenvalue weighted by Gasteiger charge is -2.26. The number of carbonyl (C=O) groups excluding carboxylic acids is 3. The molecule has 1 fully saturated rings. The molecule has 0 saturated carbocycles. The van der Waals surface area contributed by atoms with Crippen molar-refractivity contribution in [3.8, 4) is 0 Å². The van der Waals surface area contributed by atoms with Gasteiger partial charge in [0.25, 0.3) is 0 Å². The molecule has 1 aliphatic heterocycles. The van der Waals surface area contributed by atoms with Gasteiger partial charge in [0.05, 0.1) is 12.1 Å². The van der Waals surface area contributed by atoms with E-state index in [9.17, 15) is 29.4 Å². The lowest BCUT2D eigenvalue weighted by Crippen LogP contribution is -2.58. The van der Waals surface area contributed by atoms with Crippen molar-refractivity contribution in [3.63, 3.8) is 0 Å². The Labute approximate surface area is 199 Å². The average Bonchev–Trinajstić information content (AvgIpc) is 3.27. The molecule has 0 spiro atoms. The number of carboxylic acid groups (broad SMARTS) is 1. The van der Waals surface area contributed by atoms with E-state index in [1.165, 1.54) is 6.92 Å². The average molecular weight is 486 g/mol. The molecule has 1 heterocycles. The largest absolute Gasteiger partial charge is 0.480 e. The SMILES string of the molecule is CC(C)CC(NC(=O)C1CCCN1)C(=O)NC(CCCN=C(N)N)C(=O)NC(C(=O)O)C(C)O. The topological polar surface area (TPSA) is 221 Å². The number of aliphatic hydroxyl groups excluding tert-OH is 1. The lowest BCUT2D eigenvalue weighted by atomic mass is 10.0. The predicted molar refractivity (Wildman–Crippen MR) is 125 cm³/mol. The first-order valence-corrected chi connectivity index (χ1v) is 11.5. The first-order chi connectivity index (χ1) is 15.9. The first-order valence-electron chi connectivity index (χ1n) is 11.5. The summed E-state index contributed by atoms with van der Waals surface area (Å²) in [5.74, 6) is -3.09. The van der Waals surface area contributed by atoms with Crippen LogP contribution in [0.1, 0.15) is 52.9 Å². The van der Waals surface area contributed by atoms with Crippen LogP contribution < -0.4 is 32.7 Å². The number of amides is 3. The van der Waals surface area contributed by atoms with E-state index in [4.69, 9.17) is 11.5 Å². The Morgan fingerprint density at radius 1 is 1.06 bits per heavy atom. The van der Waals surface area contributed by atoms with Crippen molar-refractivity contribution < 1.29 is 29.4 Å². The van der Waals surface area contributed by atoms with Gasteiger partial charge in [-0.1, -0.05) is 13.8 Å². The van der Waals surface area contributed by atoms with Gasteiger partial charge in [-0.05, 0) is 51.5 Å². The fraction of sp³-hybridized carbons (Fsp3) is 0.762. The Hall–Kier alpha value is -2.93. The second kappa shape index (κ2) is 14.4. The number of nitrogens with two attached hydrogens (primary N) is 2. The zero-order chi connectivity index (χ0) is 25.8. The molecule has 1 saturated heterocycles. The minimum atomic E-state index is -1.55. The maximum Gasteiger partial charge on any atom is 0.328 e. The van der Waals surface area contributed by atoms with Crippen LogP contribution in [0.2, 0.25) is 0 Å². The quantitative estimate of drug-likeness (QED) is 0.0755. The van der Waals surface area contributed by atoms with Gasteiger partial charge < -0.3 is 42.9 Å². The Morgan fingerprint density at radius 2 is 1.71 bits per heavy atom. The number of guanidine groups is 1. The molecule has 0 radical (unpaired) electrons. The summed E-state index contributed by atoms with van der Waals surface area (Å²) in [4.78, 5) is 53.7. The van der Waals surface area contributed by atoms with Gasteiger partial charge in [-0.2, -0.15) is 0 Å². The molecule has 5 atom stereocenters. The molecule has 1 rings (SSSR count). The Balaban J connectivity index is 2.96. The van der Waals surface area contributed by atoms with Crippen LogP contribution in [0.4, 0.5) is 0 Å². The van der Waals surface area contributed by atoms with E-state index >= 15 is 0 Å². The number of rotatable bonds is 14. The molecule has 34 heavy (non-hydrogen) atoms. The Morgan fingerprint density at radius 3 is 2.21 bits per heavy atom. The second-order valence-corrected chi connectivity index (χ2v) is 8.91. The molecular weight excluding hydrogens is 446 g/mol. The molecule has 13 nitrogen and oxygen atoms in total. The Kier molecular flexibility index (Phi) is 12.3. The molecule has 0 aromatic carbocycles. The summed E-state index contributed by atoms with van der Waals surface area (Å²) >= 11 is 0. The summed E-state index contributed by atoms with van der Waals surface area (Å²) in [5, 5.41) is 29.6. The fourth-order valence-electron chi connectivity index (χ4n) is 3.57. The summed E-state index contributed by atoms with van der Waals surface area (Å²) in [7, 11) is 0. The molecule has 0 aromatic heterocycles. The highest BCUT2D eigenvalue weighted by molar-refractivity contribution is 5.94. The van der Waals surface area contributed by atoms with Crippen LogP contribution >= 0.6 is 0 Å². The van der Waals surface area contributed by atoms with Gasteiger partial charge in [0.1, 0.15) is 12.1 Å². The summed E-state index contributed by atoms with van der Waals surface area (Å²) in [6.07, 6.45) is 0.950. The maximum absolute atomic E-state index is 13.1. The minimum absolute atomic E-state index is 0.0772. The third-order valence-electron chi connectivity index (χ3n) is 5.34. The molecule has 13 heteroatoms. The minimum Gasteiger partial charge on any atom is -0.480 e. The number of aliphatic carboxylic acids is 1. The van der Waals surface area contributed by atoms with Crippen LogP contribution in [0.25, 0.3) is 0 Å². The molecule has 0 bridgehead atoms. The number of aliphatic imine (C=N–C) groups is 1. The number of nitrogens with one attached hydrogen (secondary N) is 4. The van der Waals surface area contributed by atoms with Crippen LogP contribution in [-0.4, -0.2) is 83.2 Å². The Bertz CT molecular complexity index is 733. The zero-order valence-corrected chi connectivity index (χ0v) is 20.0. The van der Waals surface area contributed by atoms with Gasteiger partial charge in [-0.15, -0.1) is 0 Å². The maximum atomic E-state index is 13.1. The molecule has 194 valence electrons. The third-order valence-corrected chi connectivity index (χ3v) is 5.34. The molecule has 5 unspecified atom stereocenters. The number of carboxylic acids is 1. The van der Waals surface area contributed by atoms with E-state index in [-0.39, 0.29) is 36.8 Å². The van der Waals surface area contributed by atoms with Crippen molar-refractivity contribution in [2.24, 2.45) is 22.4 Å². The number of carbonyl (C=O) groups is 4. The second-order valence-electron chi connectivity index (χ2n) is 8.91. The van der Waals surface area contributed by atoms with Gasteiger partial charge in [0.2, 0.25) is 17.7 Å². The van der Waals surface area contributed by atoms with Crippen molar-refractivity contribution in [1.82, 2.24) is 21.3 Å². The summed E-state index contributed by atoms with van der Waals surface area (Å²) in [5.41, 5.74) is 10.6. The number of hydrogen-bond acceptors (Lipinski definition) is 7. The van der Waals surface area contributed by atoms with Crippen LogP contribution in [-0.2, 0) is 19.2 Å². The summed E-state index contributed by atoms with van der Waals surface area (Å²) < 4.78 is 0. The summed E-state index contributed by atoms with van der Waals surface area (Å²) in [6, 6.07) is -3.93. The van der Waals surface area contributed by atoms with Gasteiger partial charge >= 0.3 is 5.97 Å². The standard InChI is InChI=1S/C21H39N7O6/c1-11(2)10-15(27-17(30)13-6-4-8-24-13)19(32)26-14(7-5-9-25-21(22)23)18(31)28-16(12(3)29)20(33)34/h11-16,24,29H,4-10H2,1-3H3,(H,26,32)(H,27,30)(H,28,31)(H,33,34)(H4,22,23,25). The van der Waals surface area contributed by atoms with Gasteiger partial charge in [0.15, 0.2) is 12.0 Å². The van der Waals surface area contributed by atoms with Crippen molar-refractivity contribution in [2.75, 3.05) is 13.1 Å². The van der Waals surface area contributed by atoms with Crippen LogP contribution in [0, 0.1) is 5.92 Å². The molecule has 10 N–H and O–H groups in total. The monoisotopic (exact) mass is 485 g/mol. The third kappa shape index (κ3) is 10.3. The normalized spacial score (nSPS) is 18.9. The number of aliphatic hydroxyl groups is 1. The molecule has 1 aliphatic rings. The number of hydrogen-bond donors (Lipinski definition) is 8. The van der Waals surface area contributed by atoms with Gasteiger partial charge in [-0.3, -0.25) is 19.4 Å². The molecule has 0 aromatic rings. The van der Waals surface area contributed by atoms with E-state index < -0.39 is 42.0 Å². The van der Waals surface area contributed by atoms with E-state index in [2.05, 4.69) is 26.3 Å². The zero-order valence-electron chi connectivity index (χ0n) is 20.0. The van der Waals surface area contributed by atoms with Crippen LogP contribution in [0.5, 0.6) is 0 Å².